The molecule has 0 radical (unpaired) electrons. The van der Waals surface area contributed by atoms with Crippen LogP contribution >= 0.6 is 0 Å². The number of carbonyl (C=O) groups is 3. The molecule has 22 heavy (non-hydrogen) atoms. The number of anilines is 1. The quantitative estimate of drug-likeness (QED) is 0.770. The number of hydrogen-bond donors (Lipinski definition) is 2. The molecule has 2 N–H and O–H groups in total. The van der Waals surface area contributed by atoms with Crippen LogP contribution in [0.1, 0.15) is 34.9 Å². The second-order valence-electron chi connectivity index (χ2n) is 4.62. The fraction of sp³-hybridized carbons (Fsp3) is 0.308. The number of nitrogens with zero attached hydrogens (tertiary/aromatic N) is 3. The van der Waals surface area contributed by atoms with E-state index in [-0.39, 0.29) is 18.1 Å². The molecule has 0 saturated carbocycles. The normalized spacial score (nSPS) is 11.7. The summed E-state index contributed by atoms with van der Waals surface area (Å²) in [6.07, 6.45) is 2.52. The van der Waals surface area contributed by atoms with Gasteiger partial charge in [-0.2, -0.15) is 0 Å². The number of nitrogens with one attached hydrogen (secondary N) is 2. The number of hydrogen-bond acceptors (Lipinski definition) is 6. The molecule has 0 aliphatic carbocycles. The second kappa shape index (κ2) is 6.66. The average molecular weight is 305 g/mol. The second-order valence-corrected chi connectivity index (χ2v) is 4.62. The van der Waals surface area contributed by atoms with Crippen LogP contribution in [0.2, 0.25) is 0 Å². The fourth-order valence-electron chi connectivity index (χ4n) is 1.80. The summed E-state index contributed by atoms with van der Waals surface area (Å²) in [5.74, 6) is 0.722. The van der Waals surface area contributed by atoms with Crippen LogP contribution in [-0.4, -0.2) is 33.3 Å². The van der Waals surface area contributed by atoms with E-state index in [4.69, 9.17) is 4.52 Å². The van der Waals surface area contributed by atoms with Gasteiger partial charge in [-0.25, -0.2) is 9.78 Å². The number of amides is 2. The highest BCUT2D eigenvalue weighted by atomic mass is 16.5. The predicted octanol–water partition coefficient (Wildman–Crippen LogP) is 1.07. The van der Waals surface area contributed by atoms with Crippen LogP contribution in [0.5, 0.6) is 0 Å². The van der Waals surface area contributed by atoms with Gasteiger partial charge in [0.15, 0.2) is 12.1 Å². The van der Waals surface area contributed by atoms with Gasteiger partial charge in [0.25, 0.3) is 0 Å². The number of imidazole rings is 1. The zero-order chi connectivity index (χ0) is 16.1. The van der Waals surface area contributed by atoms with Crippen molar-refractivity contribution in [3.05, 3.63) is 29.5 Å². The molecule has 2 heterocycles. The average Bonchev–Trinajstić information content (AvgIpc) is 3.10. The molecular formula is C13H15N5O4. The van der Waals surface area contributed by atoms with Crippen molar-refractivity contribution in [3.8, 4) is 0 Å². The van der Waals surface area contributed by atoms with Gasteiger partial charge in [-0.3, -0.25) is 10.1 Å². The smallest absolute Gasteiger partial charge is 0.320 e. The van der Waals surface area contributed by atoms with Crippen LogP contribution in [0.4, 0.5) is 10.6 Å². The van der Waals surface area contributed by atoms with E-state index in [2.05, 4.69) is 20.8 Å². The fourth-order valence-corrected chi connectivity index (χ4v) is 1.80. The number of rotatable bonds is 6. The zero-order valence-electron chi connectivity index (χ0n) is 12.1. The Kier molecular flexibility index (Phi) is 4.66. The maximum atomic E-state index is 11.8. The summed E-state index contributed by atoms with van der Waals surface area (Å²) in [6, 6.07) is 0.592. The molecule has 0 aromatic carbocycles. The van der Waals surface area contributed by atoms with E-state index < -0.39 is 12.1 Å². The first-order chi connectivity index (χ1) is 10.5. The molecular weight excluding hydrogens is 290 g/mol. The lowest BCUT2D eigenvalue weighted by Gasteiger charge is -2.08. The van der Waals surface area contributed by atoms with Crippen LogP contribution in [0.3, 0.4) is 0 Å². The van der Waals surface area contributed by atoms with Gasteiger partial charge in [0.05, 0.1) is 18.9 Å². The van der Waals surface area contributed by atoms with E-state index in [0.717, 1.165) is 0 Å². The maximum Gasteiger partial charge on any atom is 0.320 e. The number of aryl methyl sites for hydroxylation is 1. The highest BCUT2D eigenvalue weighted by Gasteiger charge is 2.16. The van der Waals surface area contributed by atoms with Gasteiger partial charge in [0.2, 0.25) is 0 Å². The Bertz CT molecular complexity index is 690. The van der Waals surface area contributed by atoms with Crippen molar-refractivity contribution in [2.75, 3.05) is 5.32 Å². The van der Waals surface area contributed by atoms with E-state index in [0.29, 0.717) is 24.0 Å². The summed E-state index contributed by atoms with van der Waals surface area (Å²) in [7, 11) is 0. The zero-order valence-corrected chi connectivity index (χ0v) is 12.1. The molecule has 2 amide bonds. The first-order valence-electron chi connectivity index (χ1n) is 6.49. The topological polar surface area (TPSA) is 119 Å². The number of carbonyl (C=O) groups excluding carboxylic acids is 3. The molecule has 0 spiro atoms. The van der Waals surface area contributed by atoms with Crippen molar-refractivity contribution < 1.29 is 18.9 Å². The van der Waals surface area contributed by atoms with Gasteiger partial charge in [0.1, 0.15) is 23.4 Å². The molecule has 9 nitrogen and oxygen atoms in total. The number of urea groups is 1. The van der Waals surface area contributed by atoms with Crippen LogP contribution in [-0.2, 0) is 11.3 Å². The highest BCUT2D eigenvalue weighted by Crippen LogP contribution is 2.15. The van der Waals surface area contributed by atoms with Gasteiger partial charge in [-0.15, -0.1) is 0 Å². The summed E-state index contributed by atoms with van der Waals surface area (Å²) in [6.45, 7) is 3.53. The Hall–Kier alpha value is -2.97. The molecule has 0 fully saturated rings. The molecule has 2 rings (SSSR count). The minimum atomic E-state index is -0.551. The Morgan fingerprint density at radius 1 is 1.50 bits per heavy atom. The first-order valence-corrected chi connectivity index (χ1v) is 6.49. The first kappa shape index (κ1) is 15.4. The molecule has 0 aliphatic rings. The van der Waals surface area contributed by atoms with Crippen molar-refractivity contribution in [3.63, 3.8) is 0 Å². The number of aromatic nitrogens is 3. The van der Waals surface area contributed by atoms with E-state index in [1.54, 1.807) is 19.9 Å². The highest BCUT2D eigenvalue weighted by molar-refractivity contribution is 5.93. The van der Waals surface area contributed by atoms with Crippen molar-refractivity contribution in [2.24, 2.45) is 0 Å². The molecule has 0 saturated heterocycles. The molecule has 2 aromatic rings. The number of aldehydes is 2. The molecule has 1 atom stereocenters. The van der Waals surface area contributed by atoms with Crippen molar-refractivity contribution in [1.82, 2.24) is 20.0 Å². The largest absolute Gasteiger partial charge is 0.361 e. The Morgan fingerprint density at radius 3 is 2.86 bits per heavy atom. The minimum Gasteiger partial charge on any atom is -0.361 e. The molecule has 116 valence electrons. The van der Waals surface area contributed by atoms with Crippen LogP contribution in [0.25, 0.3) is 0 Å². The van der Waals surface area contributed by atoms with Crippen LogP contribution < -0.4 is 10.6 Å². The van der Waals surface area contributed by atoms with Crippen molar-refractivity contribution >= 4 is 24.4 Å². The van der Waals surface area contributed by atoms with Crippen molar-refractivity contribution in [2.45, 2.75) is 26.4 Å². The Morgan fingerprint density at radius 2 is 2.27 bits per heavy atom. The van der Waals surface area contributed by atoms with Crippen LogP contribution in [0.15, 0.2) is 16.9 Å². The van der Waals surface area contributed by atoms with Crippen LogP contribution in [0, 0.1) is 6.92 Å². The third-order valence-electron chi connectivity index (χ3n) is 2.92. The summed E-state index contributed by atoms with van der Waals surface area (Å²) >= 11 is 0. The third-order valence-corrected chi connectivity index (χ3v) is 2.92. The van der Waals surface area contributed by atoms with Gasteiger partial charge in [-0.1, -0.05) is 5.16 Å². The molecule has 0 bridgehead atoms. The van der Waals surface area contributed by atoms with E-state index in [1.165, 1.54) is 10.9 Å². The molecule has 0 aliphatic heterocycles. The van der Waals surface area contributed by atoms with Gasteiger partial charge >= 0.3 is 6.03 Å². The lowest BCUT2D eigenvalue weighted by Crippen LogP contribution is -2.29. The molecule has 9 heteroatoms. The Balaban J connectivity index is 2.00. The van der Waals surface area contributed by atoms with E-state index in [9.17, 15) is 14.4 Å². The monoisotopic (exact) mass is 305 g/mol. The predicted molar refractivity (Wildman–Crippen MR) is 75.5 cm³/mol. The lowest BCUT2D eigenvalue weighted by molar-refractivity contribution is -0.110. The van der Waals surface area contributed by atoms with Gasteiger partial charge in [0, 0.05) is 6.07 Å². The maximum absolute atomic E-state index is 11.8. The van der Waals surface area contributed by atoms with Gasteiger partial charge < -0.3 is 19.2 Å². The SMILES string of the molecule is Cc1cc(CNC(=O)Nc2ncn(C(C)C=O)c2C=O)no1. The van der Waals surface area contributed by atoms with Crippen molar-refractivity contribution in [1.29, 1.82) is 0 Å². The van der Waals surface area contributed by atoms with Gasteiger partial charge in [-0.05, 0) is 13.8 Å². The molecule has 2 aromatic heterocycles. The summed E-state index contributed by atoms with van der Waals surface area (Å²) in [4.78, 5) is 37.6. The minimum absolute atomic E-state index is 0.0810. The summed E-state index contributed by atoms with van der Waals surface area (Å²) < 4.78 is 6.25. The third kappa shape index (κ3) is 3.37. The Labute approximate surface area is 125 Å². The van der Waals surface area contributed by atoms with E-state index >= 15 is 0 Å². The molecule has 1 unspecified atom stereocenters. The summed E-state index contributed by atoms with van der Waals surface area (Å²) in [5, 5.41) is 8.74. The standard InChI is InChI=1S/C13H15N5O4/c1-8(5-19)18-7-15-12(11(18)6-20)16-13(21)14-4-10-3-9(2)22-17-10/h3,5-8H,4H2,1-2H3,(H2,14,16,21). The van der Waals surface area contributed by atoms with E-state index in [1.807, 2.05) is 0 Å². The lowest BCUT2D eigenvalue weighted by atomic mass is 10.3. The summed E-state index contributed by atoms with van der Waals surface area (Å²) in [5.41, 5.74) is 0.690.